The van der Waals surface area contributed by atoms with Gasteiger partial charge >= 0.3 is 17.9 Å². The molecule has 70 heavy (non-hydrogen) atoms. The molecule has 2 saturated carbocycles. The van der Waals surface area contributed by atoms with Crippen molar-refractivity contribution in [2.45, 2.75) is 96.5 Å². The Morgan fingerprint density at radius 1 is 0.643 bits per heavy atom. The van der Waals surface area contributed by atoms with Crippen LogP contribution in [-0.4, -0.2) is 25.0 Å². The Morgan fingerprint density at radius 3 is 1.94 bits per heavy atom. The van der Waals surface area contributed by atoms with Crippen LogP contribution >= 0.6 is 0 Å². The fourth-order valence-corrected chi connectivity index (χ4v) is 11.9. The van der Waals surface area contributed by atoms with E-state index in [1.807, 2.05) is 122 Å². The molecular weight excluding hydrogens is 869 g/mol. The monoisotopic (exact) mass is 930 g/mol. The van der Waals surface area contributed by atoms with Crippen LogP contribution in [0.3, 0.4) is 0 Å². The number of rotatable bonds is 13. The van der Waals surface area contributed by atoms with E-state index in [0.717, 1.165) is 87.2 Å². The standard InChI is InChI=1S/C63H62O7/c1-4-5-8-15-42-22-24-43(25-23-42)44-26-28-46(29-27-44)60(64)68-50-33-30-45(31-34-50)52-20-13-14-21-54(52)61(65)69-51-35-37-53-47(40-51)32-36-55-57(53)41(2)58(62(66)67-3)56-38-39-63(70-59(55)56,48-16-9-6-10-17-48)49-18-11-7-12-19-49/h6-7,9-14,16-21,30-40,42-44,46H,4-5,8,15,22-29H2,1-3H3/t42-,43-,44-,46-. The predicted octanol–water partition coefficient (Wildman–Crippen LogP) is 15.4. The smallest absolute Gasteiger partial charge is 0.344 e. The topological polar surface area (TPSA) is 88.1 Å². The van der Waals surface area contributed by atoms with Crippen LogP contribution in [-0.2, 0) is 15.1 Å². The summed E-state index contributed by atoms with van der Waals surface area (Å²) in [6, 6.07) is 44.5. The predicted molar refractivity (Wildman–Crippen MR) is 278 cm³/mol. The third-order valence-corrected chi connectivity index (χ3v) is 15.7. The van der Waals surface area contributed by atoms with Gasteiger partial charge in [-0.05, 0) is 145 Å². The summed E-state index contributed by atoms with van der Waals surface area (Å²) >= 11 is 0. The highest BCUT2D eigenvalue weighted by atomic mass is 16.5. The summed E-state index contributed by atoms with van der Waals surface area (Å²) in [6.45, 7) is 4.22. The number of esters is 3. The first kappa shape index (κ1) is 46.7. The third kappa shape index (κ3) is 9.26. The van der Waals surface area contributed by atoms with Crippen LogP contribution in [0.25, 0.3) is 38.7 Å². The molecule has 7 aromatic carbocycles. The Balaban J connectivity index is 0.847. The van der Waals surface area contributed by atoms with Crippen molar-refractivity contribution < 1.29 is 33.3 Å². The van der Waals surface area contributed by atoms with E-state index in [1.54, 1.807) is 12.1 Å². The third-order valence-electron chi connectivity index (χ3n) is 15.7. The molecule has 0 unspecified atom stereocenters. The Morgan fingerprint density at radius 2 is 1.27 bits per heavy atom. The molecule has 7 heteroatoms. The summed E-state index contributed by atoms with van der Waals surface area (Å²) in [6.07, 6.45) is 19.0. The molecule has 7 aromatic rings. The van der Waals surface area contributed by atoms with Crippen molar-refractivity contribution in [3.8, 4) is 28.4 Å². The van der Waals surface area contributed by atoms with Crippen molar-refractivity contribution in [1.82, 2.24) is 0 Å². The van der Waals surface area contributed by atoms with E-state index in [0.29, 0.717) is 39.5 Å². The highest BCUT2D eigenvalue weighted by Gasteiger charge is 2.40. The molecule has 7 nitrogen and oxygen atoms in total. The summed E-state index contributed by atoms with van der Waals surface area (Å²) in [5.41, 5.74) is 4.70. The molecule has 0 radical (unpaired) electrons. The average Bonchev–Trinajstić information content (AvgIpc) is 3.41. The molecule has 0 spiro atoms. The van der Waals surface area contributed by atoms with E-state index >= 15 is 0 Å². The number of hydrogen-bond donors (Lipinski definition) is 0. The van der Waals surface area contributed by atoms with Gasteiger partial charge in [-0.3, -0.25) is 4.79 Å². The van der Waals surface area contributed by atoms with Crippen LogP contribution in [0.15, 0.2) is 146 Å². The van der Waals surface area contributed by atoms with Gasteiger partial charge in [-0.2, -0.15) is 0 Å². The Hall–Kier alpha value is -6.99. The van der Waals surface area contributed by atoms with Crippen molar-refractivity contribution in [2.24, 2.45) is 23.7 Å². The number of carbonyl (C=O) groups is 3. The maximum absolute atomic E-state index is 14.0. The zero-order valence-electron chi connectivity index (χ0n) is 40.6. The molecule has 0 amide bonds. The van der Waals surface area contributed by atoms with Crippen molar-refractivity contribution in [2.75, 3.05) is 7.11 Å². The minimum absolute atomic E-state index is 0.0659. The number of fused-ring (bicyclic) bond motifs is 5. The highest BCUT2D eigenvalue weighted by molar-refractivity contribution is 6.16. The molecule has 2 fully saturated rings. The first-order chi connectivity index (χ1) is 34.2. The largest absolute Gasteiger partial charge is 0.472 e. The van der Waals surface area contributed by atoms with E-state index in [4.69, 9.17) is 18.9 Å². The Bertz CT molecular complexity index is 3010. The van der Waals surface area contributed by atoms with Gasteiger partial charge < -0.3 is 18.9 Å². The highest BCUT2D eigenvalue weighted by Crippen LogP contribution is 2.49. The molecule has 10 rings (SSSR count). The van der Waals surface area contributed by atoms with Crippen molar-refractivity contribution in [3.63, 3.8) is 0 Å². The van der Waals surface area contributed by atoms with Gasteiger partial charge in [-0.25, -0.2) is 9.59 Å². The van der Waals surface area contributed by atoms with Gasteiger partial charge in [0.15, 0.2) is 5.60 Å². The molecule has 356 valence electrons. The van der Waals surface area contributed by atoms with Crippen LogP contribution in [0.5, 0.6) is 17.2 Å². The quantitative estimate of drug-likeness (QED) is 0.0492. The second-order valence-electron chi connectivity index (χ2n) is 19.8. The number of benzene rings is 7. The minimum atomic E-state index is -0.964. The number of methoxy groups -OCH3 is 1. The van der Waals surface area contributed by atoms with Crippen LogP contribution in [0, 0.1) is 30.6 Å². The molecule has 2 aliphatic carbocycles. The molecule has 0 atom stereocenters. The van der Waals surface area contributed by atoms with Crippen LogP contribution in [0.4, 0.5) is 0 Å². The van der Waals surface area contributed by atoms with Crippen molar-refractivity contribution in [1.29, 1.82) is 0 Å². The van der Waals surface area contributed by atoms with Gasteiger partial charge in [0, 0.05) is 22.1 Å². The molecular formula is C63H62O7. The number of carbonyl (C=O) groups excluding carboxylic acids is 3. The lowest BCUT2D eigenvalue weighted by Gasteiger charge is -2.37. The van der Waals surface area contributed by atoms with Gasteiger partial charge in [0.05, 0.1) is 24.2 Å². The van der Waals surface area contributed by atoms with Gasteiger partial charge in [-0.15, -0.1) is 0 Å². The maximum Gasteiger partial charge on any atom is 0.344 e. The van der Waals surface area contributed by atoms with Crippen LogP contribution in [0.2, 0.25) is 0 Å². The van der Waals surface area contributed by atoms with E-state index < -0.39 is 17.5 Å². The minimum Gasteiger partial charge on any atom is -0.472 e. The van der Waals surface area contributed by atoms with Gasteiger partial charge in [0.2, 0.25) is 0 Å². The number of ether oxygens (including phenoxy) is 4. The Kier molecular flexibility index (Phi) is 13.7. The van der Waals surface area contributed by atoms with Crippen LogP contribution < -0.4 is 14.2 Å². The summed E-state index contributed by atoms with van der Waals surface area (Å²) in [5, 5.41) is 3.37. The van der Waals surface area contributed by atoms with Gasteiger partial charge in [0.1, 0.15) is 17.2 Å². The fraction of sp³-hybridized carbons (Fsp3) is 0.317. The maximum atomic E-state index is 14.0. The fourth-order valence-electron chi connectivity index (χ4n) is 11.9. The average molecular weight is 931 g/mol. The summed E-state index contributed by atoms with van der Waals surface area (Å²) in [7, 11) is 1.39. The second-order valence-corrected chi connectivity index (χ2v) is 19.8. The molecule has 0 bridgehead atoms. The molecule has 1 aliphatic heterocycles. The zero-order valence-corrected chi connectivity index (χ0v) is 40.6. The summed E-state index contributed by atoms with van der Waals surface area (Å²) in [4.78, 5) is 41.0. The molecule has 0 N–H and O–H groups in total. The molecule has 0 saturated heterocycles. The lowest BCUT2D eigenvalue weighted by molar-refractivity contribution is -0.140. The van der Waals surface area contributed by atoms with E-state index in [1.165, 1.54) is 58.5 Å². The summed E-state index contributed by atoms with van der Waals surface area (Å²) < 4.78 is 24.6. The van der Waals surface area contributed by atoms with Gasteiger partial charge in [-0.1, -0.05) is 149 Å². The molecule has 3 aliphatic rings. The molecule has 0 aromatic heterocycles. The number of hydrogen-bond acceptors (Lipinski definition) is 7. The Labute approximate surface area is 411 Å². The second kappa shape index (κ2) is 20.5. The van der Waals surface area contributed by atoms with Crippen molar-refractivity contribution in [3.05, 3.63) is 179 Å². The summed E-state index contributed by atoms with van der Waals surface area (Å²) in [5.74, 6) is 2.77. The zero-order chi connectivity index (χ0) is 48.2. The number of unbranched alkanes of at least 4 members (excludes halogenated alkanes) is 2. The first-order valence-corrected chi connectivity index (χ1v) is 25.5. The van der Waals surface area contributed by atoms with E-state index in [9.17, 15) is 14.4 Å². The van der Waals surface area contributed by atoms with E-state index in [-0.39, 0.29) is 11.9 Å². The van der Waals surface area contributed by atoms with Crippen molar-refractivity contribution >= 4 is 45.5 Å². The lowest BCUT2D eigenvalue weighted by atomic mass is 9.68. The van der Waals surface area contributed by atoms with Gasteiger partial charge in [0.25, 0.3) is 0 Å². The lowest BCUT2D eigenvalue weighted by Crippen LogP contribution is -2.34. The normalized spacial score (nSPS) is 19.5. The number of aryl methyl sites for hydroxylation is 1. The SMILES string of the molecule is CCCCC[C@H]1CC[C@H]([C@H]2CC[C@H](C(=O)Oc3ccc(-c4ccccc4C(=O)Oc4ccc5c(ccc6c7c(c(C(=O)OC)c(C)c65)C=CC(c5ccccc5)(c5ccccc5)O7)c4)cc3)CC2)CC1. The van der Waals surface area contributed by atoms with E-state index in [2.05, 4.69) is 31.2 Å². The first-order valence-electron chi connectivity index (χ1n) is 25.5. The molecule has 1 heterocycles. The van der Waals surface area contributed by atoms with Crippen LogP contribution in [0.1, 0.15) is 127 Å².